The maximum atomic E-state index is 12.5. The predicted octanol–water partition coefficient (Wildman–Crippen LogP) is 6.00. The number of rotatable bonds is 5. The fraction of sp³-hybridized carbons (Fsp3) is 0.346. The molecule has 2 aromatic rings. The Morgan fingerprint density at radius 2 is 1.88 bits per heavy atom. The first kappa shape index (κ1) is 23.6. The molecule has 0 atom stereocenters. The van der Waals surface area contributed by atoms with Gasteiger partial charge in [-0.3, -0.25) is 14.5 Å². The predicted molar refractivity (Wildman–Crippen MR) is 137 cm³/mol. The number of nitrogens with zero attached hydrogens (tertiary/aromatic N) is 2. The first-order chi connectivity index (χ1) is 15.9. The van der Waals surface area contributed by atoms with E-state index in [0.717, 1.165) is 24.1 Å². The second kappa shape index (κ2) is 10.1. The van der Waals surface area contributed by atoms with Gasteiger partial charge in [-0.25, -0.2) is 4.99 Å². The number of thioether (sulfide) groups is 1. The van der Waals surface area contributed by atoms with Gasteiger partial charge in [0.05, 0.1) is 11.4 Å². The summed E-state index contributed by atoms with van der Waals surface area (Å²) in [7, 11) is 1.67. The molecule has 0 unspecified atom stereocenters. The lowest BCUT2D eigenvalue weighted by molar-refractivity contribution is -0.114. The van der Waals surface area contributed by atoms with Gasteiger partial charge in [-0.05, 0) is 67.0 Å². The van der Waals surface area contributed by atoms with Crippen molar-refractivity contribution in [2.24, 2.45) is 10.4 Å². The van der Waals surface area contributed by atoms with Gasteiger partial charge in [0.2, 0.25) is 12.3 Å². The summed E-state index contributed by atoms with van der Waals surface area (Å²) in [5, 5.41) is 3.98. The van der Waals surface area contributed by atoms with E-state index in [0.29, 0.717) is 15.9 Å². The van der Waals surface area contributed by atoms with Crippen LogP contribution in [0.2, 0.25) is 5.02 Å². The van der Waals surface area contributed by atoms with Crippen LogP contribution in [0, 0.1) is 5.41 Å². The molecule has 33 heavy (non-hydrogen) atoms. The lowest BCUT2D eigenvalue weighted by atomic mass is 9.69. The number of fused-ring (bicyclic) bond motifs is 1. The normalized spacial score (nSPS) is 17.1. The van der Waals surface area contributed by atoms with E-state index in [1.54, 1.807) is 31.3 Å². The number of allylic oxidation sites excluding steroid dienone is 1. The fourth-order valence-corrected chi connectivity index (χ4v) is 5.68. The number of amidine groups is 1. The molecule has 0 aromatic heterocycles. The number of nitrogens with one attached hydrogen (secondary N) is 1. The Hall–Kier alpha value is -2.57. The Labute approximate surface area is 204 Å². The fourth-order valence-electron chi connectivity index (χ4n) is 4.82. The molecule has 0 saturated heterocycles. The van der Waals surface area contributed by atoms with Gasteiger partial charge in [0.25, 0.3) is 0 Å². The number of amides is 2. The first-order valence-corrected chi connectivity index (χ1v) is 12.5. The number of hydrogen-bond acceptors (Lipinski definition) is 4. The number of aliphatic imine (C=N–C) groups is 1. The Kier molecular flexibility index (Phi) is 7.25. The molecular weight excluding hydrogens is 454 g/mol. The van der Waals surface area contributed by atoms with Crippen molar-refractivity contribution in [3.63, 3.8) is 0 Å². The zero-order valence-electron chi connectivity index (χ0n) is 18.9. The molecule has 1 N–H and O–H groups in total. The van der Waals surface area contributed by atoms with Gasteiger partial charge in [-0.15, -0.1) is 0 Å². The Bertz CT molecular complexity index is 1100. The lowest BCUT2D eigenvalue weighted by Gasteiger charge is -2.37. The highest BCUT2D eigenvalue weighted by Crippen LogP contribution is 2.52. The maximum absolute atomic E-state index is 12.5. The van der Waals surface area contributed by atoms with Crippen molar-refractivity contribution in [2.75, 3.05) is 18.1 Å². The highest BCUT2D eigenvalue weighted by molar-refractivity contribution is 8.14. The number of halogens is 1. The van der Waals surface area contributed by atoms with Crippen LogP contribution in [0.3, 0.4) is 0 Å². The van der Waals surface area contributed by atoms with Crippen molar-refractivity contribution in [1.29, 1.82) is 0 Å². The summed E-state index contributed by atoms with van der Waals surface area (Å²) in [6.45, 7) is 2.19. The van der Waals surface area contributed by atoms with E-state index >= 15 is 0 Å². The molecule has 1 saturated carbocycles. The second-order valence-corrected chi connectivity index (χ2v) is 10.1. The van der Waals surface area contributed by atoms with Crippen LogP contribution in [0.5, 0.6) is 0 Å². The Balaban J connectivity index is 1.61. The summed E-state index contributed by atoms with van der Waals surface area (Å²) in [5.74, 6) is -0.0324. The van der Waals surface area contributed by atoms with Crippen LogP contribution in [-0.2, 0) is 16.0 Å². The minimum absolute atomic E-state index is 0.138. The van der Waals surface area contributed by atoms with Crippen LogP contribution in [0.15, 0.2) is 59.1 Å². The molecule has 0 aliphatic heterocycles. The Morgan fingerprint density at radius 3 is 2.58 bits per heavy atom. The lowest BCUT2D eigenvalue weighted by Crippen LogP contribution is -2.28. The summed E-state index contributed by atoms with van der Waals surface area (Å²) in [6, 6.07) is 15.4. The third-order valence-electron chi connectivity index (χ3n) is 6.64. The van der Waals surface area contributed by atoms with Gasteiger partial charge in [0, 0.05) is 23.3 Å². The molecule has 1 fully saturated rings. The smallest absolute Gasteiger partial charge is 0.234 e. The quantitative estimate of drug-likeness (QED) is 0.323. The number of carbonyl (C=O) groups excluding carboxylic acids is 2. The van der Waals surface area contributed by atoms with Gasteiger partial charge in [0.1, 0.15) is 0 Å². The van der Waals surface area contributed by atoms with Crippen molar-refractivity contribution in [3.05, 3.63) is 70.3 Å². The average molecular weight is 482 g/mol. The molecule has 2 amide bonds. The minimum Gasteiger partial charge on any atom is -0.325 e. The number of anilines is 1. The molecule has 0 radical (unpaired) electrons. The van der Waals surface area contributed by atoms with Gasteiger partial charge in [-0.1, -0.05) is 60.5 Å². The van der Waals surface area contributed by atoms with Gasteiger partial charge < -0.3 is 5.32 Å². The van der Waals surface area contributed by atoms with E-state index in [2.05, 4.69) is 30.4 Å². The van der Waals surface area contributed by atoms with E-state index in [1.807, 2.05) is 6.07 Å². The van der Waals surface area contributed by atoms with Crippen LogP contribution in [0.25, 0.3) is 5.70 Å². The first-order valence-electron chi connectivity index (χ1n) is 11.2. The largest absolute Gasteiger partial charge is 0.325 e. The number of hydrogen-bond donors (Lipinski definition) is 1. The van der Waals surface area contributed by atoms with Crippen LogP contribution in [-0.4, -0.2) is 35.2 Å². The van der Waals surface area contributed by atoms with Crippen LogP contribution in [0.4, 0.5) is 5.69 Å². The molecule has 1 spiro atoms. The highest BCUT2D eigenvalue weighted by atomic mass is 35.5. The zero-order chi connectivity index (χ0) is 23.4. The summed E-state index contributed by atoms with van der Waals surface area (Å²) in [6.07, 6.45) is 6.58. The molecule has 0 bridgehead atoms. The third kappa shape index (κ3) is 5.17. The molecule has 172 valence electrons. The molecule has 2 aliphatic rings. The molecule has 4 rings (SSSR count). The monoisotopic (exact) mass is 481 g/mol. The van der Waals surface area contributed by atoms with E-state index < -0.39 is 0 Å². The zero-order valence-corrected chi connectivity index (χ0v) is 20.5. The van der Waals surface area contributed by atoms with E-state index in [4.69, 9.17) is 16.6 Å². The van der Waals surface area contributed by atoms with E-state index in [-0.39, 0.29) is 17.1 Å². The summed E-state index contributed by atoms with van der Waals surface area (Å²) < 4.78 is 0. The van der Waals surface area contributed by atoms with Gasteiger partial charge in [0.15, 0.2) is 5.17 Å². The Morgan fingerprint density at radius 1 is 1.18 bits per heavy atom. The van der Waals surface area contributed by atoms with Crippen LogP contribution in [0.1, 0.15) is 43.7 Å². The molecule has 0 heterocycles. The van der Waals surface area contributed by atoms with Gasteiger partial charge in [-0.2, -0.15) is 0 Å². The molecular formula is C26H28ClN3O2S. The highest BCUT2D eigenvalue weighted by Gasteiger charge is 2.40. The molecule has 2 aromatic carbocycles. The third-order valence-corrected chi connectivity index (χ3v) is 7.94. The number of carbonyl (C=O) groups is 2. The van der Waals surface area contributed by atoms with E-state index in [9.17, 15) is 9.59 Å². The standard InChI is InChI=1S/C26H28ClN3O2S/c1-18-24(22-8-4-3-7-19(22)15-26(18)13-5-6-14-26)29-25(30(2)17-31)33-16-23(32)28-21-11-9-20(27)10-12-21/h3-4,7-12,17H,5-6,13-16H2,1-2H3,(H,28,32)/b29-25+. The van der Waals surface area contributed by atoms with Crippen LogP contribution < -0.4 is 5.32 Å². The average Bonchev–Trinajstić information content (AvgIpc) is 3.29. The topological polar surface area (TPSA) is 61.8 Å². The van der Waals surface area contributed by atoms with Crippen LogP contribution >= 0.6 is 23.4 Å². The SMILES string of the molecule is CC1=C(/N=C(/SCC(=O)Nc2ccc(Cl)cc2)N(C)C=O)c2ccccc2CC12CCCC2. The summed E-state index contributed by atoms with van der Waals surface area (Å²) in [4.78, 5) is 30.6. The summed E-state index contributed by atoms with van der Waals surface area (Å²) >= 11 is 7.17. The minimum atomic E-state index is -0.170. The van der Waals surface area contributed by atoms with Crippen molar-refractivity contribution < 1.29 is 9.59 Å². The second-order valence-electron chi connectivity index (χ2n) is 8.75. The molecule has 2 aliphatic carbocycles. The summed E-state index contributed by atoms with van der Waals surface area (Å²) in [5.41, 5.74) is 5.48. The van der Waals surface area contributed by atoms with Crippen molar-refractivity contribution in [3.8, 4) is 0 Å². The molecule has 5 nitrogen and oxygen atoms in total. The maximum Gasteiger partial charge on any atom is 0.234 e. The van der Waals surface area contributed by atoms with Crippen molar-refractivity contribution >= 4 is 52.2 Å². The van der Waals surface area contributed by atoms with Crippen molar-refractivity contribution in [2.45, 2.75) is 39.0 Å². The van der Waals surface area contributed by atoms with Gasteiger partial charge >= 0.3 is 0 Å². The number of benzene rings is 2. The van der Waals surface area contributed by atoms with E-state index in [1.165, 1.54) is 53.5 Å². The van der Waals surface area contributed by atoms with Crippen molar-refractivity contribution in [1.82, 2.24) is 4.90 Å². The molecule has 7 heteroatoms.